The molecule has 1 saturated heterocycles. The van der Waals surface area contributed by atoms with Crippen molar-refractivity contribution >= 4 is 17.7 Å². The van der Waals surface area contributed by atoms with Crippen molar-refractivity contribution in [2.24, 2.45) is 16.8 Å². The normalized spacial score (nSPS) is 24.3. The number of amides is 1. The van der Waals surface area contributed by atoms with Gasteiger partial charge in [-0.2, -0.15) is 4.68 Å². The van der Waals surface area contributed by atoms with E-state index in [0.717, 1.165) is 76.2 Å². The SMILES string of the molecule is O=C1OCCc2cc(CCN3CCN(C(=O)C4CCC5CC(n6cnnn6)=NC=C54)CC3)ccc21. The van der Waals surface area contributed by atoms with Crippen molar-refractivity contribution in [3.8, 4) is 0 Å². The molecule has 2 unspecified atom stereocenters. The predicted molar refractivity (Wildman–Crippen MR) is 127 cm³/mol. The van der Waals surface area contributed by atoms with Crippen molar-refractivity contribution in [2.75, 3.05) is 39.3 Å². The zero-order chi connectivity index (χ0) is 23.8. The third-order valence-corrected chi connectivity index (χ3v) is 7.78. The summed E-state index contributed by atoms with van der Waals surface area (Å²) in [6, 6.07) is 6.08. The van der Waals surface area contributed by atoms with Crippen molar-refractivity contribution in [1.29, 1.82) is 0 Å². The quantitative estimate of drug-likeness (QED) is 0.614. The second-order valence-electron chi connectivity index (χ2n) is 9.75. The molecule has 0 spiro atoms. The van der Waals surface area contributed by atoms with Crippen LogP contribution in [0.5, 0.6) is 0 Å². The maximum atomic E-state index is 13.4. The molecule has 4 aliphatic rings. The number of carbonyl (C=O) groups is 2. The second-order valence-corrected chi connectivity index (χ2v) is 9.75. The summed E-state index contributed by atoms with van der Waals surface area (Å²) in [5.41, 5.74) is 4.22. The van der Waals surface area contributed by atoms with Crippen molar-refractivity contribution in [2.45, 2.75) is 32.1 Å². The maximum absolute atomic E-state index is 13.4. The van der Waals surface area contributed by atoms with E-state index >= 15 is 0 Å². The van der Waals surface area contributed by atoms with Gasteiger partial charge in [-0.05, 0) is 58.4 Å². The van der Waals surface area contributed by atoms with Gasteiger partial charge >= 0.3 is 5.97 Å². The number of aliphatic imine (C=N–C) groups is 1. The summed E-state index contributed by atoms with van der Waals surface area (Å²) in [4.78, 5) is 34.2. The average Bonchev–Trinajstić information content (AvgIpc) is 3.57. The zero-order valence-corrected chi connectivity index (χ0v) is 19.7. The minimum Gasteiger partial charge on any atom is -0.462 e. The van der Waals surface area contributed by atoms with E-state index in [1.165, 1.54) is 11.1 Å². The van der Waals surface area contributed by atoms with Crippen LogP contribution in [0.25, 0.3) is 0 Å². The van der Waals surface area contributed by atoms with Gasteiger partial charge in [0.15, 0.2) is 0 Å². The van der Waals surface area contributed by atoms with Gasteiger partial charge in [-0.15, -0.1) is 5.10 Å². The molecule has 2 fully saturated rings. The third kappa shape index (κ3) is 4.38. The maximum Gasteiger partial charge on any atom is 0.338 e. The van der Waals surface area contributed by atoms with E-state index in [2.05, 4.69) is 31.5 Å². The van der Waals surface area contributed by atoms with Crippen LogP contribution in [0.4, 0.5) is 0 Å². The van der Waals surface area contributed by atoms with Gasteiger partial charge in [0.25, 0.3) is 0 Å². The summed E-state index contributed by atoms with van der Waals surface area (Å²) in [6.45, 7) is 4.73. The monoisotopic (exact) mass is 475 g/mol. The van der Waals surface area contributed by atoms with Crippen LogP contribution in [0.15, 0.2) is 41.3 Å². The molecule has 1 aliphatic carbocycles. The fourth-order valence-corrected chi connectivity index (χ4v) is 5.76. The molecule has 3 aliphatic heterocycles. The molecule has 182 valence electrons. The number of benzene rings is 1. The molecule has 10 heteroatoms. The minimum absolute atomic E-state index is 0.0482. The number of tetrazole rings is 1. The predicted octanol–water partition coefficient (Wildman–Crippen LogP) is 1.33. The Morgan fingerprint density at radius 1 is 1.14 bits per heavy atom. The smallest absolute Gasteiger partial charge is 0.338 e. The molecule has 1 saturated carbocycles. The fourth-order valence-electron chi connectivity index (χ4n) is 5.76. The topological polar surface area (TPSA) is 106 Å². The van der Waals surface area contributed by atoms with Crippen molar-refractivity contribution < 1.29 is 14.3 Å². The van der Waals surface area contributed by atoms with Gasteiger partial charge in [-0.25, -0.2) is 9.79 Å². The Morgan fingerprint density at radius 3 is 2.86 bits per heavy atom. The standard InChI is InChI=1S/C25H29N7O3/c33-24(21-4-2-18-14-23(26-15-22(18)21)32-16-27-28-29-32)31-10-8-30(9-11-31)7-5-17-1-3-20-19(13-17)6-12-35-25(20)34/h1,3,13,15-16,18,21H,2,4-12,14H2. The van der Waals surface area contributed by atoms with E-state index in [9.17, 15) is 9.59 Å². The lowest BCUT2D eigenvalue weighted by molar-refractivity contribution is -0.135. The van der Waals surface area contributed by atoms with Crippen molar-refractivity contribution in [3.63, 3.8) is 0 Å². The molecule has 0 N–H and O–H groups in total. The molecular formula is C25H29N7O3. The fraction of sp³-hybridized carbons (Fsp3) is 0.520. The highest BCUT2D eigenvalue weighted by Crippen LogP contribution is 2.41. The van der Waals surface area contributed by atoms with Crippen LogP contribution in [-0.4, -0.2) is 87.0 Å². The number of nitrogens with zero attached hydrogens (tertiary/aromatic N) is 7. The van der Waals surface area contributed by atoms with Gasteiger partial charge in [0.2, 0.25) is 5.91 Å². The molecule has 1 aromatic heterocycles. The summed E-state index contributed by atoms with van der Waals surface area (Å²) in [7, 11) is 0. The van der Waals surface area contributed by atoms with Crippen molar-refractivity contribution in [3.05, 3.63) is 53.0 Å². The zero-order valence-electron chi connectivity index (χ0n) is 19.7. The highest BCUT2D eigenvalue weighted by Gasteiger charge is 2.39. The van der Waals surface area contributed by atoms with Gasteiger partial charge in [-0.3, -0.25) is 9.69 Å². The average molecular weight is 476 g/mol. The van der Waals surface area contributed by atoms with Gasteiger partial charge in [-0.1, -0.05) is 12.1 Å². The van der Waals surface area contributed by atoms with Crippen molar-refractivity contribution in [1.82, 2.24) is 30.0 Å². The van der Waals surface area contributed by atoms with Gasteiger partial charge in [0.05, 0.1) is 18.1 Å². The van der Waals surface area contributed by atoms with Crippen LogP contribution in [0.2, 0.25) is 0 Å². The van der Waals surface area contributed by atoms with Crippen LogP contribution in [0, 0.1) is 11.8 Å². The largest absolute Gasteiger partial charge is 0.462 e. The van der Waals surface area contributed by atoms with Gasteiger partial charge in [0, 0.05) is 51.8 Å². The summed E-state index contributed by atoms with van der Waals surface area (Å²) >= 11 is 0. The Balaban J connectivity index is 1.02. The number of aromatic nitrogens is 4. The number of hydrogen-bond donors (Lipinski definition) is 0. The molecule has 10 nitrogen and oxygen atoms in total. The first kappa shape index (κ1) is 22.1. The number of ether oxygens (including phenoxy) is 1. The highest BCUT2D eigenvalue weighted by molar-refractivity contribution is 5.92. The molecule has 1 amide bonds. The van der Waals surface area contributed by atoms with E-state index in [4.69, 9.17) is 4.74 Å². The highest BCUT2D eigenvalue weighted by atomic mass is 16.5. The minimum atomic E-state index is -0.212. The van der Waals surface area contributed by atoms with E-state index < -0.39 is 0 Å². The Labute approximate surface area is 203 Å². The van der Waals surface area contributed by atoms with Gasteiger partial charge < -0.3 is 9.64 Å². The first-order chi connectivity index (χ1) is 17.2. The molecular weight excluding hydrogens is 446 g/mol. The molecule has 1 aromatic carbocycles. The number of carbonyl (C=O) groups excluding carboxylic acids is 2. The first-order valence-electron chi connectivity index (χ1n) is 12.5. The summed E-state index contributed by atoms with van der Waals surface area (Å²) in [5.74, 6) is 1.18. The van der Waals surface area contributed by atoms with E-state index in [1.54, 1.807) is 11.0 Å². The lowest BCUT2D eigenvalue weighted by Gasteiger charge is -2.36. The summed E-state index contributed by atoms with van der Waals surface area (Å²) in [6.07, 6.45) is 7.85. The lowest BCUT2D eigenvalue weighted by atomic mass is 9.92. The number of esters is 1. The molecule has 0 radical (unpaired) electrons. The summed E-state index contributed by atoms with van der Waals surface area (Å²) in [5, 5.41) is 11.3. The number of piperazine rings is 1. The number of fused-ring (bicyclic) bond motifs is 2. The third-order valence-electron chi connectivity index (χ3n) is 7.78. The van der Waals surface area contributed by atoms with Crippen LogP contribution in [0.3, 0.4) is 0 Å². The molecule has 6 rings (SSSR count). The Morgan fingerprint density at radius 2 is 2.03 bits per heavy atom. The molecule has 2 atom stereocenters. The molecule has 2 aromatic rings. The number of rotatable bonds is 4. The van der Waals surface area contributed by atoms with Crippen LogP contribution in [-0.2, 0) is 22.4 Å². The van der Waals surface area contributed by atoms with Crippen LogP contribution in [0.1, 0.15) is 40.7 Å². The number of hydrogen-bond acceptors (Lipinski definition) is 8. The van der Waals surface area contributed by atoms with E-state index in [-0.39, 0.29) is 17.8 Å². The van der Waals surface area contributed by atoms with Crippen LogP contribution < -0.4 is 0 Å². The Kier molecular flexibility index (Phi) is 5.89. The molecule has 4 heterocycles. The Hall–Kier alpha value is -3.40. The van der Waals surface area contributed by atoms with E-state index in [0.29, 0.717) is 18.1 Å². The van der Waals surface area contributed by atoms with Crippen LogP contribution >= 0.6 is 0 Å². The lowest BCUT2D eigenvalue weighted by Crippen LogP contribution is -2.50. The molecule has 35 heavy (non-hydrogen) atoms. The second kappa shape index (κ2) is 9.33. The van der Waals surface area contributed by atoms with Gasteiger partial charge in [0.1, 0.15) is 12.2 Å². The summed E-state index contributed by atoms with van der Waals surface area (Å²) < 4.78 is 6.73. The van der Waals surface area contributed by atoms with E-state index in [1.807, 2.05) is 23.2 Å². The number of cyclic esters (lactones) is 1. The molecule has 0 bridgehead atoms. The first-order valence-corrected chi connectivity index (χ1v) is 12.5. The Bertz CT molecular complexity index is 1180.